The lowest BCUT2D eigenvalue weighted by atomic mass is 10.1. The number of amides is 1. The van der Waals surface area contributed by atoms with Crippen LogP contribution in [0.4, 0.5) is 0 Å². The molecule has 1 amide bonds. The van der Waals surface area contributed by atoms with Crippen LogP contribution in [-0.2, 0) is 6.54 Å². The molecule has 0 atom stereocenters. The summed E-state index contributed by atoms with van der Waals surface area (Å²) in [6, 6.07) is 10.2. The number of nitrogens with zero attached hydrogens (tertiary/aromatic N) is 3. The van der Waals surface area contributed by atoms with Gasteiger partial charge in [-0.05, 0) is 42.7 Å². The van der Waals surface area contributed by atoms with Gasteiger partial charge in [0.1, 0.15) is 0 Å². The third-order valence-electron chi connectivity index (χ3n) is 4.56. The topological polar surface area (TPSA) is 36.4 Å². The molecule has 4 heteroatoms. The van der Waals surface area contributed by atoms with Crippen LogP contribution in [0.1, 0.15) is 27.0 Å². The fraction of sp³-hybridized carbons (Fsp3) is 0.368. The molecule has 0 N–H and O–H groups in total. The average Bonchev–Trinajstić information content (AvgIpc) is 2.59. The van der Waals surface area contributed by atoms with E-state index in [0.29, 0.717) is 0 Å². The number of benzene rings is 1. The number of carbonyl (C=O) groups excluding carboxylic acids is 1. The van der Waals surface area contributed by atoms with Gasteiger partial charge in [-0.15, -0.1) is 0 Å². The molecule has 4 nitrogen and oxygen atoms in total. The number of hydrogen-bond acceptors (Lipinski definition) is 3. The van der Waals surface area contributed by atoms with E-state index in [1.54, 1.807) is 24.5 Å². The Hall–Kier alpha value is -2.20. The van der Waals surface area contributed by atoms with Crippen LogP contribution in [0.3, 0.4) is 0 Å². The lowest BCUT2D eigenvalue weighted by Crippen LogP contribution is -2.48. The Bertz CT molecular complexity index is 676. The van der Waals surface area contributed by atoms with E-state index in [2.05, 4.69) is 41.9 Å². The highest BCUT2D eigenvalue weighted by Gasteiger charge is 2.22. The summed E-state index contributed by atoms with van der Waals surface area (Å²) >= 11 is 0. The van der Waals surface area contributed by atoms with E-state index in [0.717, 1.165) is 38.3 Å². The lowest BCUT2D eigenvalue weighted by molar-refractivity contribution is 0.0628. The molecular weight excluding hydrogens is 286 g/mol. The molecule has 1 aromatic heterocycles. The van der Waals surface area contributed by atoms with Crippen molar-refractivity contribution in [2.75, 3.05) is 26.2 Å². The van der Waals surface area contributed by atoms with E-state index in [1.807, 2.05) is 4.90 Å². The number of carbonyl (C=O) groups is 1. The van der Waals surface area contributed by atoms with Crippen LogP contribution in [-0.4, -0.2) is 46.9 Å². The Morgan fingerprint density at radius 1 is 1.00 bits per heavy atom. The summed E-state index contributed by atoms with van der Waals surface area (Å²) in [5.74, 6) is 0.109. The van der Waals surface area contributed by atoms with Gasteiger partial charge in [-0.3, -0.25) is 14.7 Å². The molecule has 0 bridgehead atoms. The maximum absolute atomic E-state index is 12.4. The Labute approximate surface area is 137 Å². The second-order valence-corrected chi connectivity index (χ2v) is 6.22. The molecule has 3 rings (SSSR count). The zero-order chi connectivity index (χ0) is 16.2. The molecule has 0 saturated carbocycles. The van der Waals surface area contributed by atoms with Crippen molar-refractivity contribution in [1.82, 2.24) is 14.8 Å². The molecule has 0 spiro atoms. The molecule has 0 aliphatic carbocycles. The molecule has 0 unspecified atom stereocenters. The van der Waals surface area contributed by atoms with Crippen molar-refractivity contribution < 1.29 is 4.79 Å². The SMILES string of the molecule is Cc1ccc(CN2CCN(C(=O)c3ccncc3)CC2)cc1C. The van der Waals surface area contributed by atoms with Crippen LogP contribution in [0.15, 0.2) is 42.7 Å². The van der Waals surface area contributed by atoms with Crippen LogP contribution < -0.4 is 0 Å². The van der Waals surface area contributed by atoms with E-state index in [9.17, 15) is 4.79 Å². The van der Waals surface area contributed by atoms with E-state index < -0.39 is 0 Å². The third kappa shape index (κ3) is 3.77. The Balaban J connectivity index is 1.56. The number of rotatable bonds is 3. The molecular formula is C19H23N3O. The molecule has 0 radical (unpaired) electrons. The first-order valence-electron chi connectivity index (χ1n) is 8.11. The summed E-state index contributed by atoms with van der Waals surface area (Å²) in [5, 5.41) is 0. The molecule has 2 aromatic rings. The molecule has 1 aromatic carbocycles. The second-order valence-electron chi connectivity index (χ2n) is 6.22. The maximum Gasteiger partial charge on any atom is 0.254 e. The minimum Gasteiger partial charge on any atom is -0.336 e. The predicted octanol–water partition coefficient (Wildman–Crippen LogP) is 2.66. The van der Waals surface area contributed by atoms with Crippen molar-refractivity contribution in [3.8, 4) is 0 Å². The minimum atomic E-state index is 0.109. The first kappa shape index (κ1) is 15.7. The zero-order valence-electron chi connectivity index (χ0n) is 13.8. The van der Waals surface area contributed by atoms with Crippen LogP contribution in [0.25, 0.3) is 0 Å². The van der Waals surface area contributed by atoms with Gasteiger partial charge in [0.25, 0.3) is 5.91 Å². The summed E-state index contributed by atoms with van der Waals surface area (Å²) in [7, 11) is 0. The van der Waals surface area contributed by atoms with Crippen molar-refractivity contribution in [3.63, 3.8) is 0 Å². The molecule has 1 aliphatic rings. The smallest absolute Gasteiger partial charge is 0.254 e. The van der Waals surface area contributed by atoms with Gasteiger partial charge in [0.2, 0.25) is 0 Å². The van der Waals surface area contributed by atoms with E-state index in [4.69, 9.17) is 0 Å². The van der Waals surface area contributed by atoms with Crippen LogP contribution in [0, 0.1) is 13.8 Å². The number of aromatic nitrogens is 1. The molecule has 1 aliphatic heterocycles. The van der Waals surface area contributed by atoms with Crippen molar-refractivity contribution in [1.29, 1.82) is 0 Å². The summed E-state index contributed by atoms with van der Waals surface area (Å²) in [6.07, 6.45) is 3.34. The van der Waals surface area contributed by atoms with Gasteiger partial charge in [-0.1, -0.05) is 18.2 Å². The van der Waals surface area contributed by atoms with Gasteiger partial charge in [0, 0.05) is 50.7 Å². The average molecular weight is 309 g/mol. The molecule has 1 fully saturated rings. The fourth-order valence-electron chi connectivity index (χ4n) is 2.95. The lowest BCUT2D eigenvalue weighted by Gasteiger charge is -2.34. The fourth-order valence-corrected chi connectivity index (χ4v) is 2.95. The molecule has 120 valence electrons. The summed E-state index contributed by atoms with van der Waals surface area (Å²) in [5.41, 5.74) is 4.75. The van der Waals surface area contributed by atoms with Gasteiger partial charge >= 0.3 is 0 Å². The normalized spacial score (nSPS) is 15.7. The van der Waals surface area contributed by atoms with E-state index in [1.165, 1.54) is 16.7 Å². The summed E-state index contributed by atoms with van der Waals surface area (Å²) in [4.78, 5) is 20.7. The third-order valence-corrected chi connectivity index (χ3v) is 4.56. The quantitative estimate of drug-likeness (QED) is 0.874. The van der Waals surface area contributed by atoms with E-state index >= 15 is 0 Å². The largest absolute Gasteiger partial charge is 0.336 e. The van der Waals surface area contributed by atoms with Crippen LogP contribution >= 0.6 is 0 Å². The standard InChI is InChI=1S/C19H23N3O/c1-15-3-4-17(13-16(15)2)14-21-9-11-22(12-10-21)19(23)18-5-7-20-8-6-18/h3-8,13H,9-12,14H2,1-2H3. The maximum atomic E-state index is 12.4. The van der Waals surface area contributed by atoms with Crippen molar-refractivity contribution in [3.05, 3.63) is 65.0 Å². The van der Waals surface area contributed by atoms with Gasteiger partial charge in [0.15, 0.2) is 0 Å². The second kappa shape index (κ2) is 6.92. The first-order valence-corrected chi connectivity index (χ1v) is 8.11. The number of hydrogen-bond donors (Lipinski definition) is 0. The molecule has 23 heavy (non-hydrogen) atoms. The van der Waals surface area contributed by atoms with Gasteiger partial charge in [0.05, 0.1) is 0 Å². The number of pyridine rings is 1. The van der Waals surface area contributed by atoms with Crippen LogP contribution in [0.5, 0.6) is 0 Å². The van der Waals surface area contributed by atoms with Gasteiger partial charge in [-0.25, -0.2) is 0 Å². The van der Waals surface area contributed by atoms with E-state index in [-0.39, 0.29) is 5.91 Å². The predicted molar refractivity (Wildman–Crippen MR) is 91.3 cm³/mol. The Morgan fingerprint density at radius 2 is 1.70 bits per heavy atom. The number of aryl methyl sites for hydroxylation is 2. The number of piperazine rings is 1. The molecule has 1 saturated heterocycles. The summed E-state index contributed by atoms with van der Waals surface area (Å²) < 4.78 is 0. The summed E-state index contributed by atoms with van der Waals surface area (Å²) in [6.45, 7) is 8.66. The van der Waals surface area contributed by atoms with Crippen LogP contribution in [0.2, 0.25) is 0 Å². The Kier molecular flexibility index (Phi) is 4.72. The minimum absolute atomic E-state index is 0.109. The van der Waals surface area contributed by atoms with Gasteiger partial charge in [-0.2, -0.15) is 0 Å². The highest BCUT2D eigenvalue weighted by molar-refractivity contribution is 5.94. The molecule has 2 heterocycles. The Morgan fingerprint density at radius 3 is 2.35 bits per heavy atom. The highest BCUT2D eigenvalue weighted by atomic mass is 16.2. The van der Waals surface area contributed by atoms with Gasteiger partial charge < -0.3 is 4.90 Å². The van der Waals surface area contributed by atoms with Crippen molar-refractivity contribution in [2.45, 2.75) is 20.4 Å². The van der Waals surface area contributed by atoms with Crippen molar-refractivity contribution in [2.24, 2.45) is 0 Å². The van der Waals surface area contributed by atoms with Crippen molar-refractivity contribution >= 4 is 5.91 Å². The first-order chi connectivity index (χ1) is 11.1. The highest BCUT2D eigenvalue weighted by Crippen LogP contribution is 2.14. The monoisotopic (exact) mass is 309 g/mol. The zero-order valence-corrected chi connectivity index (χ0v) is 13.8.